The molecular formula is C29H18BN3O. The van der Waals surface area contributed by atoms with E-state index in [1.165, 1.54) is 43.8 Å². The topological polar surface area (TPSA) is 43.9 Å². The summed E-state index contributed by atoms with van der Waals surface area (Å²) in [7, 11) is 0. The maximum absolute atomic E-state index is 6.54. The number of fused-ring (bicyclic) bond motifs is 10. The molecule has 4 aromatic carbocycles. The maximum atomic E-state index is 6.54. The van der Waals surface area contributed by atoms with E-state index < -0.39 is 0 Å². The van der Waals surface area contributed by atoms with Crippen molar-refractivity contribution >= 4 is 61.5 Å². The molecule has 158 valence electrons. The number of aromatic nitrogens is 3. The van der Waals surface area contributed by atoms with Gasteiger partial charge in [-0.1, -0.05) is 54.8 Å². The molecule has 4 nitrogen and oxygen atoms in total. The van der Waals surface area contributed by atoms with Crippen LogP contribution in [0.1, 0.15) is 0 Å². The lowest BCUT2D eigenvalue weighted by molar-refractivity contribution is 0.652. The minimum Gasteiger partial charge on any atom is -0.470 e. The average Bonchev–Trinajstić information content (AvgIpc) is 3.52. The molecule has 7 aromatic rings. The second kappa shape index (κ2) is 6.36. The van der Waals surface area contributed by atoms with Gasteiger partial charge in [-0.05, 0) is 42.0 Å². The normalized spacial score (nSPS) is 12.8. The molecule has 0 saturated heterocycles. The van der Waals surface area contributed by atoms with Gasteiger partial charge >= 0.3 is 0 Å². The summed E-state index contributed by atoms with van der Waals surface area (Å²) in [5.74, 6) is 0. The molecule has 0 amide bonds. The summed E-state index contributed by atoms with van der Waals surface area (Å²) in [6.45, 7) is 2.48. The van der Waals surface area contributed by atoms with Crippen LogP contribution in [0.4, 0.5) is 0 Å². The van der Waals surface area contributed by atoms with Gasteiger partial charge in [-0.3, -0.25) is 0 Å². The van der Waals surface area contributed by atoms with Crippen LogP contribution in [-0.4, -0.2) is 21.2 Å². The van der Waals surface area contributed by atoms with E-state index in [0.717, 1.165) is 27.8 Å². The van der Waals surface area contributed by atoms with Crippen LogP contribution in [0.5, 0.6) is 0 Å². The van der Waals surface area contributed by atoms with E-state index in [-0.39, 0.29) is 6.71 Å². The summed E-state index contributed by atoms with van der Waals surface area (Å²) in [4.78, 5) is 8.70. The first-order chi connectivity index (χ1) is 16.8. The molecule has 0 spiro atoms. The highest BCUT2D eigenvalue weighted by Crippen LogP contribution is 2.42. The van der Waals surface area contributed by atoms with Gasteiger partial charge in [0.05, 0.1) is 27.6 Å². The molecule has 4 heterocycles. The highest BCUT2D eigenvalue weighted by molar-refractivity contribution is 6.88. The third-order valence-electron chi connectivity index (χ3n) is 7.35. The van der Waals surface area contributed by atoms with Gasteiger partial charge in [-0.25, -0.2) is 9.97 Å². The summed E-state index contributed by atoms with van der Waals surface area (Å²) in [6, 6.07) is 28.1. The van der Waals surface area contributed by atoms with Crippen LogP contribution < -0.4 is 11.1 Å². The van der Waals surface area contributed by atoms with E-state index in [2.05, 4.69) is 100 Å². The van der Waals surface area contributed by atoms with Crippen LogP contribution in [0, 0.1) is 0 Å². The van der Waals surface area contributed by atoms with Gasteiger partial charge in [0, 0.05) is 33.6 Å². The Bertz CT molecular complexity index is 1950. The van der Waals surface area contributed by atoms with Crippen LogP contribution in [0.25, 0.3) is 60.5 Å². The third kappa shape index (κ3) is 2.19. The first-order valence-electron chi connectivity index (χ1n) is 11.6. The number of rotatable bonds is 1. The maximum Gasteiger partial charge on any atom is 0.253 e. The Morgan fingerprint density at radius 1 is 0.882 bits per heavy atom. The SMILES string of the molecule is CB1c2ccccc2-c2c1oc1ccc3c4ccccc4n(-c4ccc5cncnc5c4)c3c21. The fourth-order valence-corrected chi connectivity index (χ4v) is 5.84. The third-order valence-corrected chi connectivity index (χ3v) is 7.35. The van der Waals surface area contributed by atoms with Crippen molar-refractivity contribution < 1.29 is 4.42 Å². The van der Waals surface area contributed by atoms with Crippen molar-refractivity contribution in [1.29, 1.82) is 0 Å². The Hall–Kier alpha value is -4.38. The first-order valence-corrected chi connectivity index (χ1v) is 11.6. The van der Waals surface area contributed by atoms with E-state index in [1.54, 1.807) is 6.33 Å². The molecule has 34 heavy (non-hydrogen) atoms. The summed E-state index contributed by atoms with van der Waals surface area (Å²) in [5.41, 5.74) is 10.2. The predicted molar refractivity (Wildman–Crippen MR) is 140 cm³/mol. The number of hydrogen-bond acceptors (Lipinski definition) is 3. The van der Waals surface area contributed by atoms with Gasteiger partial charge in [-0.2, -0.15) is 0 Å². The number of para-hydroxylation sites is 1. The van der Waals surface area contributed by atoms with Gasteiger partial charge < -0.3 is 8.98 Å². The number of nitrogens with zero attached hydrogens (tertiary/aromatic N) is 3. The van der Waals surface area contributed by atoms with Crippen molar-refractivity contribution in [1.82, 2.24) is 14.5 Å². The fraction of sp³-hybridized carbons (Fsp3) is 0.0345. The summed E-state index contributed by atoms with van der Waals surface area (Å²) < 4.78 is 8.91. The zero-order chi connectivity index (χ0) is 22.4. The van der Waals surface area contributed by atoms with Gasteiger partial charge in [0.15, 0.2) is 0 Å². The molecule has 5 heteroatoms. The van der Waals surface area contributed by atoms with Gasteiger partial charge in [0.25, 0.3) is 6.71 Å². The first kappa shape index (κ1) is 18.1. The predicted octanol–water partition coefficient (Wildman–Crippen LogP) is 5.69. The van der Waals surface area contributed by atoms with Crippen LogP contribution >= 0.6 is 0 Å². The van der Waals surface area contributed by atoms with Crippen molar-refractivity contribution in [3.8, 4) is 16.8 Å². The van der Waals surface area contributed by atoms with Crippen molar-refractivity contribution in [3.63, 3.8) is 0 Å². The lowest BCUT2D eigenvalue weighted by Crippen LogP contribution is -2.33. The van der Waals surface area contributed by atoms with Crippen LogP contribution in [0.2, 0.25) is 6.82 Å². The quantitative estimate of drug-likeness (QED) is 0.311. The number of furan rings is 1. The van der Waals surface area contributed by atoms with Crippen molar-refractivity contribution in [2.75, 3.05) is 0 Å². The molecule has 0 atom stereocenters. The van der Waals surface area contributed by atoms with Crippen molar-refractivity contribution in [3.05, 3.63) is 91.4 Å². The lowest BCUT2D eigenvalue weighted by Gasteiger charge is -2.10. The molecule has 1 aliphatic rings. The van der Waals surface area contributed by atoms with E-state index in [0.29, 0.717) is 0 Å². The van der Waals surface area contributed by atoms with Gasteiger partial charge in [0.1, 0.15) is 11.9 Å². The second-order valence-corrected chi connectivity index (χ2v) is 9.10. The van der Waals surface area contributed by atoms with Gasteiger partial charge in [-0.15, -0.1) is 0 Å². The molecule has 0 saturated carbocycles. The average molecular weight is 435 g/mol. The Balaban J connectivity index is 1.59. The highest BCUT2D eigenvalue weighted by Gasteiger charge is 2.35. The molecular weight excluding hydrogens is 417 g/mol. The van der Waals surface area contributed by atoms with Gasteiger partial charge in [0.2, 0.25) is 0 Å². The molecule has 0 unspecified atom stereocenters. The minimum absolute atomic E-state index is 0.240. The van der Waals surface area contributed by atoms with E-state index >= 15 is 0 Å². The summed E-state index contributed by atoms with van der Waals surface area (Å²) in [6.07, 6.45) is 3.47. The largest absolute Gasteiger partial charge is 0.470 e. The standard InChI is InChI=1S/C29H18BN3O/c1-30-22-8-4-2-7-21(22)26-27-25(34-29(26)30)13-12-20-19-6-3-5-9-24(19)33(28(20)27)18-11-10-17-15-31-16-32-23(17)14-18/h2-16H,1H3. The van der Waals surface area contributed by atoms with Crippen molar-refractivity contribution in [2.24, 2.45) is 0 Å². The molecule has 1 aliphatic heterocycles. The van der Waals surface area contributed by atoms with E-state index in [4.69, 9.17) is 4.42 Å². The minimum atomic E-state index is 0.240. The van der Waals surface area contributed by atoms with Crippen LogP contribution in [0.15, 0.2) is 95.8 Å². The Labute approximate surface area is 195 Å². The molecule has 0 fully saturated rings. The molecule has 0 radical (unpaired) electrons. The van der Waals surface area contributed by atoms with Crippen LogP contribution in [0.3, 0.4) is 0 Å². The van der Waals surface area contributed by atoms with E-state index in [9.17, 15) is 0 Å². The van der Waals surface area contributed by atoms with E-state index in [1.807, 2.05) is 6.20 Å². The van der Waals surface area contributed by atoms with Crippen molar-refractivity contribution in [2.45, 2.75) is 6.82 Å². The Morgan fingerprint density at radius 2 is 1.76 bits per heavy atom. The summed E-state index contributed by atoms with van der Waals surface area (Å²) in [5, 5.41) is 4.68. The number of hydrogen-bond donors (Lipinski definition) is 0. The smallest absolute Gasteiger partial charge is 0.253 e. The molecule has 0 N–H and O–H groups in total. The molecule has 0 aliphatic carbocycles. The second-order valence-electron chi connectivity index (χ2n) is 9.10. The summed E-state index contributed by atoms with van der Waals surface area (Å²) >= 11 is 0. The van der Waals surface area contributed by atoms with Crippen LogP contribution in [-0.2, 0) is 0 Å². The monoisotopic (exact) mass is 435 g/mol. The lowest BCUT2D eigenvalue weighted by atomic mass is 9.48. The number of benzene rings is 4. The Kier molecular flexibility index (Phi) is 3.38. The zero-order valence-electron chi connectivity index (χ0n) is 18.5. The zero-order valence-corrected chi connectivity index (χ0v) is 18.5. The highest BCUT2D eigenvalue weighted by atomic mass is 16.3. The molecule has 8 rings (SSSR count). The molecule has 0 bridgehead atoms. The Morgan fingerprint density at radius 3 is 2.74 bits per heavy atom. The fourth-order valence-electron chi connectivity index (χ4n) is 5.84. The molecule has 3 aromatic heterocycles.